The number of hydrogen-bond acceptors (Lipinski definition) is 8. The molecule has 0 bridgehead atoms. The lowest BCUT2D eigenvalue weighted by Crippen LogP contribution is -2.22. The number of nitrogens with one attached hydrogen (secondary N) is 3. The van der Waals surface area contributed by atoms with Gasteiger partial charge in [0, 0.05) is 30.6 Å². The van der Waals surface area contributed by atoms with Crippen molar-refractivity contribution in [3.05, 3.63) is 54.5 Å². The molecule has 9 nitrogen and oxygen atoms in total. The number of halogens is 1. The Balaban J connectivity index is 1.51. The molecule has 3 aromatic rings. The van der Waals surface area contributed by atoms with Crippen LogP contribution in [0.15, 0.2) is 48.7 Å². The van der Waals surface area contributed by atoms with Crippen LogP contribution in [0.25, 0.3) is 0 Å². The van der Waals surface area contributed by atoms with Crippen LogP contribution >= 0.6 is 0 Å². The van der Waals surface area contributed by atoms with Gasteiger partial charge >= 0.3 is 6.09 Å². The lowest BCUT2D eigenvalue weighted by atomic mass is 10.2. The number of rotatable bonds is 5. The zero-order chi connectivity index (χ0) is 20.9. The molecule has 0 atom stereocenters. The maximum absolute atomic E-state index is 14.2. The Morgan fingerprint density at radius 1 is 1.07 bits per heavy atom. The SMILES string of the molecule is CNC(=O)Oc1cccc(Nc2ncc(F)c(Nc3ccc4c(c3)OCCO4)n2)c1. The minimum absolute atomic E-state index is 0.0121. The summed E-state index contributed by atoms with van der Waals surface area (Å²) < 4.78 is 30.3. The van der Waals surface area contributed by atoms with E-state index in [4.69, 9.17) is 14.2 Å². The number of amides is 1. The minimum Gasteiger partial charge on any atom is -0.486 e. The van der Waals surface area contributed by atoms with Crippen LogP contribution in [-0.4, -0.2) is 36.3 Å². The number of carbonyl (C=O) groups excluding carboxylic acids is 1. The maximum Gasteiger partial charge on any atom is 0.412 e. The Kier molecular flexibility index (Phi) is 5.46. The number of anilines is 4. The lowest BCUT2D eigenvalue weighted by molar-refractivity contribution is 0.171. The number of nitrogens with zero attached hydrogens (tertiary/aromatic N) is 2. The molecule has 0 radical (unpaired) electrons. The highest BCUT2D eigenvalue weighted by molar-refractivity contribution is 5.71. The van der Waals surface area contributed by atoms with Crippen molar-refractivity contribution in [2.45, 2.75) is 0 Å². The fourth-order valence-corrected chi connectivity index (χ4v) is 2.70. The molecule has 2 heterocycles. The molecule has 2 aromatic carbocycles. The van der Waals surface area contributed by atoms with Gasteiger partial charge in [-0.05, 0) is 24.3 Å². The van der Waals surface area contributed by atoms with Gasteiger partial charge in [-0.15, -0.1) is 0 Å². The summed E-state index contributed by atoms with van der Waals surface area (Å²) in [6.07, 6.45) is 0.469. The van der Waals surface area contributed by atoms with Crippen LogP contribution < -0.4 is 30.2 Å². The third kappa shape index (κ3) is 4.49. The van der Waals surface area contributed by atoms with Crippen LogP contribution in [0.2, 0.25) is 0 Å². The first kappa shape index (κ1) is 19.2. The number of fused-ring (bicyclic) bond motifs is 1. The zero-order valence-corrected chi connectivity index (χ0v) is 15.9. The molecule has 0 saturated carbocycles. The summed E-state index contributed by atoms with van der Waals surface area (Å²) >= 11 is 0. The van der Waals surface area contributed by atoms with Gasteiger partial charge in [-0.1, -0.05) is 6.07 Å². The topological polar surface area (TPSA) is 107 Å². The Hall–Kier alpha value is -4.08. The fraction of sp³-hybridized carbons (Fsp3) is 0.150. The summed E-state index contributed by atoms with van der Waals surface area (Å²) in [5.74, 6) is 1.07. The first-order valence-electron chi connectivity index (χ1n) is 9.06. The van der Waals surface area contributed by atoms with Gasteiger partial charge in [-0.3, -0.25) is 0 Å². The minimum atomic E-state index is -0.618. The summed E-state index contributed by atoms with van der Waals surface area (Å²) in [5, 5.41) is 8.23. The van der Waals surface area contributed by atoms with Crippen molar-refractivity contribution in [2.75, 3.05) is 30.9 Å². The number of benzene rings is 2. The van der Waals surface area contributed by atoms with Gasteiger partial charge < -0.3 is 30.2 Å². The molecule has 4 rings (SSSR count). The highest BCUT2D eigenvalue weighted by atomic mass is 19.1. The van der Waals surface area contributed by atoms with Crippen molar-refractivity contribution in [2.24, 2.45) is 0 Å². The second-order valence-corrected chi connectivity index (χ2v) is 6.17. The second kappa shape index (κ2) is 8.52. The highest BCUT2D eigenvalue weighted by Crippen LogP contribution is 2.33. The number of carbonyl (C=O) groups is 1. The Labute approximate surface area is 171 Å². The fourth-order valence-electron chi connectivity index (χ4n) is 2.70. The van der Waals surface area contributed by atoms with Gasteiger partial charge in [0.25, 0.3) is 0 Å². The van der Waals surface area contributed by atoms with Gasteiger partial charge in [-0.25, -0.2) is 14.2 Å². The molecule has 3 N–H and O–H groups in total. The van der Waals surface area contributed by atoms with Gasteiger partial charge in [0.2, 0.25) is 5.95 Å². The summed E-state index contributed by atoms with van der Waals surface area (Å²) in [5.41, 5.74) is 1.15. The summed E-state index contributed by atoms with van der Waals surface area (Å²) in [6, 6.07) is 11.8. The van der Waals surface area contributed by atoms with Gasteiger partial charge in [-0.2, -0.15) is 4.98 Å². The third-order valence-corrected chi connectivity index (χ3v) is 4.05. The molecule has 1 amide bonds. The highest BCUT2D eigenvalue weighted by Gasteiger charge is 2.14. The monoisotopic (exact) mass is 411 g/mol. The van der Waals surface area contributed by atoms with E-state index in [0.717, 1.165) is 6.20 Å². The molecule has 30 heavy (non-hydrogen) atoms. The third-order valence-electron chi connectivity index (χ3n) is 4.05. The van der Waals surface area contributed by atoms with E-state index in [0.29, 0.717) is 41.8 Å². The molecule has 1 aliphatic rings. The number of hydrogen-bond donors (Lipinski definition) is 3. The van der Waals surface area contributed by atoms with E-state index in [9.17, 15) is 9.18 Å². The zero-order valence-electron chi connectivity index (χ0n) is 15.9. The lowest BCUT2D eigenvalue weighted by Gasteiger charge is -2.19. The number of aromatic nitrogens is 2. The molecule has 1 aliphatic heterocycles. The van der Waals surface area contributed by atoms with Crippen molar-refractivity contribution in [3.8, 4) is 17.2 Å². The van der Waals surface area contributed by atoms with Crippen molar-refractivity contribution in [3.63, 3.8) is 0 Å². The largest absolute Gasteiger partial charge is 0.486 e. The molecule has 0 unspecified atom stereocenters. The molecule has 1 aromatic heterocycles. The molecular weight excluding hydrogens is 393 g/mol. The Morgan fingerprint density at radius 2 is 1.87 bits per heavy atom. The Morgan fingerprint density at radius 3 is 2.70 bits per heavy atom. The molecule has 0 fully saturated rings. The van der Waals surface area contributed by atoms with Crippen LogP contribution in [0.3, 0.4) is 0 Å². The first-order valence-corrected chi connectivity index (χ1v) is 9.06. The summed E-state index contributed by atoms with van der Waals surface area (Å²) in [7, 11) is 1.47. The predicted octanol–water partition coefficient (Wildman–Crippen LogP) is 3.59. The Bertz CT molecular complexity index is 1080. The standard InChI is InChI=1S/C20H18FN5O4/c1-22-20(27)30-14-4-2-3-12(9-14)25-19-23-11-15(21)18(26-19)24-13-5-6-16-17(10-13)29-8-7-28-16/h2-6,9-11H,7-8H2,1H3,(H,22,27)(H2,23,24,25,26). The molecule has 0 aliphatic carbocycles. The molecule has 10 heteroatoms. The molecule has 154 valence electrons. The van der Waals surface area contributed by atoms with Crippen LogP contribution in [0.4, 0.5) is 32.3 Å². The van der Waals surface area contributed by atoms with Crippen molar-refractivity contribution < 1.29 is 23.4 Å². The summed E-state index contributed by atoms with van der Waals surface area (Å²) in [6.45, 7) is 0.944. The van der Waals surface area contributed by atoms with E-state index < -0.39 is 11.9 Å². The smallest absolute Gasteiger partial charge is 0.412 e. The van der Waals surface area contributed by atoms with E-state index in [2.05, 4.69) is 25.9 Å². The van der Waals surface area contributed by atoms with Gasteiger partial charge in [0.05, 0.1) is 6.20 Å². The van der Waals surface area contributed by atoms with Crippen LogP contribution in [0.1, 0.15) is 0 Å². The van der Waals surface area contributed by atoms with E-state index in [1.807, 2.05) is 0 Å². The van der Waals surface area contributed by atoms with Gasteiger partial charge in [0.1, 0.15) is 19.0 Å². The van der Waals surface area contributed by atoms with Crippen LogP contribution in [0, 0.1) is 5.82 Å². The van der Waals surface area contributed by atoms with Crippen LogP contribution in [0.5, 0.6) is 17.2 Å². The number of ether oxygens (including phenoxy) is 3. The van der Waals surface area contributed by atoms with E-state index in [1.165, 1.54) is 7.05 Å². The molecule has 0 spiro atoms. The average molecular weight is 411 g/mol. The summed E-state index contributed by atoms with van der Waals surface area (Å²) in [4.78, 5) is 19.5. The predicted molar refractivity (Wildman–Crippen MR) is 108 cm³/mol. The van der Waals surface area contributed by atoms with Gasteiger partial charge in [0.15, 0.2) is 23.1 Å². The quantitative estimate of drug-likeness (QED) is 0.585. The van der Waals surface area contributed by atoms with E-state index in [1.54, 1.807) is 42.5 Å². The van der Waals surface area contributed by atoms with E-state index in [-0.39, 0.29) is 11.8 Å². The average Bonchev–Trinajstić information content (AvgIpc) is 2.76. The van der Waals surface area contributed by atoms with E-state index >= 15 is 0 Å². The van der Waals surface area contributed by atoms with Crippen molar-refractivity contribution >= 4 is 29.2 Å². The maximum atomic E-state index is 14.2. The van der Waals surface area contributed by atoms with Crippen molar-refractivity contribution in [1.29, 1.82) is 0 Å². The molecule has 0 saturated heterocycles. The van der Waals surface area contributed by atoms with Crippen LogP contribution in [-0.2, 0) is 0 Å². The molecular formula is C20H18FN5O4. The normalized spacial score (nSPS) is 12.1. The van der Waals surface area contributed by atoms with Crippen molar-refractivity contribution in [1.82, 2.24) is 15.3 Å². The first-order chi connectivity index (χ1) is 14.6. The second-order valence-electron chi connectivity index (χ2n) is 6.17.